The smallest absolute Gasteiger partial charge is 0.303 e. The highest BCUT2D eigenvalue weighted by Crippen LogP contribution is 2.34. The maximum absolute atomic E-state index is 11.7. The van der Waals surface area contributed by atoms with Crippen LogP contribution in [0.2, 0.25) is 0 Å². The maximum atomic E-state index is 11.7. The lowest BCUT2D eigenvalue weighted by Crippen LogP contribution is -2.55. The standard InChI is InChI=1S/C17H21NO9S2/c1-9(19)24-14-8-28-17(16(26-11(3)21)15(14)25-10(2)20)27-12-5-13(7-18-6-12)29(4,22)23/h5-7,14-17H,8H2,1-4H3/t14-,15+,16-,17?/m1/s1. The zero-order valence-electron chi connectivity index (χ0n) is 16.2. The Morgan fingerprint density at radius 3 is 2.14 bits per heavy atom. The molecule has 1 aromatic rings. The number of carbonyl (C=O) groups is 3. The molecule has 2 heterocycles. The third-order valence-corrected chi connectivity index (χ3v) is 5.97. The molecule has 12 heteroatoms. The van der Waals surface area contributed by atoms with Gasteiger partial charge < -0.3 is 18.9 Å². The Morgan fingerprint density at radius 2 is 1.59 bits per heavy atom. The van der Waals surface area contributed by atoms with Gasteiger partial charge in [-0.1, -0.05) is 0 Å². The molecule has 1 fully saturated rings. The fourth-order valence-corrected chi connectivity index (χ4v) is 4.41. The van der Waals surface area contributed by atoms with Gasteiger partial charge in [-0.05, 0) is 0 Å². The van der Waals surface area contributed by atoms with E-state index in [-0.39, 0.29) is 16.4 Å². The van der Waals surface area contributed by atoms with E-state index in [4.69, 9.17) is 18.9 Å². The van der Waals surface area contributed by atoms with Gasteiger partial charge in [0.05, 0.1) is 11.1 Å². The Kier molecular flexibility index (Phi) is 7.47. The van der Waals surface area contributed by atoms with Gasteiger partial charge in [-0.2, -0.15) is 0 Å². The highest BCUT2D eigenvalue weighted by molar-refractivity contribution is 7.99. The highest BCUT2D eigenvalue weighted by atomic mass is 32.2. The predicted octanol–water partition coefficient (Wildman–Crippen LogP) is 0.732. The molecule has 0 spiro atoms. The van der Waals surface area contributed by atoms with Gasteiger partial charge >= 0.3 is 17.9 Å². The van der Waals surface area contributed by atoms with Crippen LogP contribution >= 0.6 is 11.8 Å². The molecule has 10 nitrogen and oxygen atoms in total. The molecule has 0 bridgehead atoms. The minimum Gasteiger partial charge on any atom is -0.474 e. The molecule has 0 radical (unpaired) electrons. The van der Waals surface area contributed by atoms with Crippen molar-refractivity contribution in [3.05, 3.63) is 18.5 Å². The van der Waals surface area contributed by atoms with E-state index in [1.165, 1.54) is 39.2 Å². The average molecular weight is 447 g/mol. The van der Waals surface area contributed by atoms with Crippen LogP contribution in [-0.2, 0) is 38.4 Å². The molecule has 0 saturated carbocycles. The van der Waals surface area contributed by atoms with E-state index in [2.05, 4.69) is 4.98 Å². The lowest BCUT2D eigenvalue weighted by Gasteiger charge is -2.39. The van der Waals surface area contributed by atoms with Crippen molar-refractivity contribution in [1.82, 2.24) is 4.98 Å². The molecular formula is C17H21NO9S2. The molecule has 1 saturated heterocycles. The van der Waals surface area contributed by atoms with Crippen LogP contribution < -0.4 is 4.74 Å². The summed E-state index contributed by atoms with van der Waals surface area (Å²) in [4.78, 5) is 38.4. The van der Waals surface area contributed by atoms with Crippen molar-refractivity contribution >= 4 is 39.5 Å². The SMILES string of the molecule is CC(=O)O[C@H]1[C@H](OC(C)=O)CSC(Oc2cncc(S(C)(=O)=O)c2)[C@@H]1OC(C)=O. The van der Waals surface area contributed by atoms with Crippen LogP contribution in [0.25, 0.3) is 0 Å². The summed E-state index contributed by atoms with van der Waals surface area (Å²) < 4.78 is 45.0. The lowest BCUT2D eigenvalue weighted by molar-refractivity contribution is -0.186. The Morgan fingerprint density at radius 1 is 1.00 bits per heavy atom. The van der Waals surface area contributed by atoms with E-state index in [9.17, 15) is 22.8 Å². The second-order valence-corrected chi connectivity index (χ2v) is 9.39. The van der Waals surface area contributed by atoms with Crippen molar-refractivity contribution in [2.24, 2.45) is 0 Å². The molecule has 4 atom stereocenters. The molecular weight excluding hydrogens is 426 g/mol. The minimum absolute atomic E-state index is 0.0471. The van der Waals surface area contributed by atoms with Crippen LogP contribution in [0, 0.1) is 0 Å². The van der Waals surface area contributed by atoms with E-state index in [1.54, 1.807) is 0 Å². The highest BCUT2D eigenvalue weighted by Gasteiger charge is 2.47. The quantitative estimate of drug-likeness (QED) is 0.451. The van der Waals surface area contributed by atoms with Crippen molar-refractivity contribution in [2.75, 3.05) is 12.0 Å². The first-order chi connectivity index (χ1) is 13.5. The van der Waals surface area contributed by atoms with Crippen LogP contribution in [-0.4, -0.2) is 67.1 Å². The number of ether oxygens (including phenoxy) is 4. The van der Waals surface area contributed by atoms with Gasteiger partial charge in [-0.25, -0.2) is 8.42 Å². The first-order valence-corrected chi connectivity index (χ1v) is 11.4. The van der Waals surface area contributed by atoms with Crippen molar-refractivity contribution in [3.63, 3.8) is 0 Å². The maximum Gasteiger partial charge on any atom is 0.303 e. The van der Waals surface area contributed by atoms with Gasteiger partial charge in [0.25, 0.3) is 0 Å². The third-order valence-electron chi connectivity index (χ3n) is 3.67. The topological polar surface area (TPSA) is 135 Å². The summed E-state index contributed by atoms with van der Waals surface area (Å²) in [5.74, 6) is -1.59. The summed E-state index contributed by atoms with van der Waals surface area (Å²) in [6.07, 6.45) is 0.452. The van der Waals surface area contributed by atoms with E-state index in [0.717, 1.165) is 18.0 Å². The van der Waals surface area contributed by atoms with Crippen LogP contribution in [0.15, 0.2) is 23.4 Å². The second-order valence-electron chi connectivity index (χ2n) is 6.24. The number of rotatable bonds is 6. The van der Waals surface area contributed by atoms with Crippen LogP contribution in [0.5, 0.6) is 5.75 Å². The van der Waals surface area contributed by atoms with E-state index >= 15 is 0 Å². The normalized spacial score (nSPS) is 24.3. The van der Waals surface area contributed by atoms with E-state index in [0.29, 0.717) is 0 Å². The van der Waals surface area contributed by atoms with Gasteiger partial charge in [0.15, 0.2) is 33.6 Å². The van der Waals surface area contributed by atoms with Crippen molar-refractivity contribution in [2.45, 2.75) is 49.4 Å². The van der Waals surface area contributed by atoms with E-state index in [1.807, 2.05) is 0 Å². The third kappa shape index (κ3) is 6.60. The zero-order chi connectivity index (χ0) is 21.8. The molecule has 29 heavy (non-hydrogen) atoms. The monoisotopic (exact) mass is 447 g/mol. The number of sulfone groups is 1. The Bertz CT molecular complexity index is 887. The van der Waals surface area contributed by atoms with E-state index < -0.39 is 51.5 Å². The molecule has 1 aliphatic heterocycles. The molecule has 0 N–H and O–H groups in total. The molecule has 1 aliphatic rings. The first kappa shape index (κ1) is 22.9. The summed E-state index contributed by atoms with van der Waals surface area (Å²) in [5, 5.41) is 0. The molecule has 2 rings (SSSR count). The number of esters is 3. The van der Waals surface area contributed by atoms with Crippen molar-refractivity contribution in [1.29, 1.82) is 0 Å². The first-order valence-electron chi connectivity index (χ1n) is 8.42. The molecule has 1 aromatic heterocycles. The Hall–Kier alpha value is -2.34. The summed E-state index contributed by atoms with van der Waals surface area (Å²) in [7, 11) is -3.51. The van der Waals surface area contributed by atoms with Crippen molar-refractivity contribution < 1.29 is 41.7 Å². The Balaban J connectivity index is 2.33. The van der Waals surface area contributed by atoms with Crippen LogP contribution in [0.1, 0.15) is 20.8 Å². The molecule has 0 aromatic carbocycles. The summed E-state index contributed by atoms with van der Waals surface area (Å²) >= 11 is 1.16. The predicted molar refractivity (Wildman–Crippen MR) is 101 cm³/mol. The van der Waals surface area contributed by atoms with Crippen LogP contribution in [0.3, 0.4) is 0 Å². The fraction of sp³-hybridized carbons (Fsp3) is 0.529. The van der Waals surface area contributed by atoms with Crippen LogP contribution in [0.4, 0.5) is 0 Å². The van der Waals surface area contributed by atoms with Gasteiger partial charge in [0.1, 0.15) is 5.75 Å². The number of carbonyl (C=O) groups excluding carboxylic acids is 3. The lowest BCUT2D eigenvalue weighted by atomic mass is 10.1. The summed E-state index contributed by atoms with van der Waals surface area (Å²) in [6.45, 7) is 3.56. The van der Waals surface area contributed by atoms with Gasteiger partial charge in [-0.15, -0.1) is 11.8 Å². The molecule has 0 aliphatic carbocycles. The summed E-state index contributed by atoms with van der Waals surface area (Å²) in [5.41, 5.74) is -0.869. The van der Waals surface area contributed by atoms with Gasteiger partial charge in [-0.3, -0.25) is 19.4 Å². The zero-order valence-corrected chi connectivity index (χ0v) is 17.8. The van der Waals surface area contributed by atoms with Gasteiger partial charge in [0.2, 0.25) is 0 Å². The van der Waals surface area contributed by atoms with Gasteiger partial charge in [0, 0.05) is 45.0 Å². The fourth-order valence-electron chi connectivity index (χ4n) is 2.61. The number of aromatic nitrogens is 1. The number of hydrogen-bond acceptors (Lipinski definition) is 11. The average Bonchev–Trinajstić information content (AvgIpc) is 2.58. The Labute approximate surface area is 172 Å². The minimum atomic E-state index is -3.51. The molecule has 1 unspecified atom stereocenters. The van der Waals surface area contributed by atoms with Crippen molar-refractivity contribution in [3.8, 4) is 5.75 Å². The molecule has 160 valence electrons. The molecule has 0 amide bonds. The number of pyridine rings is 1. The number of nitrogens with zero attached hydrogens (tertiary/aromatic N) is 1. The largest absolute Gasteiger partial charge is 0.474 e. The summed E-state index contributed by atoms with van der Waals surface area (Å²) in [6, 6.07) is 1.28. The number of thioether (sulfide) groups is 1. The second kappa shape index (κ2) is 9.44. The number of hydrogen-bond donors (Lipinski definition) is 0.